The highest BCUT2D eigenvalue weighted by atomic mass is 19.1. The number of hydrogen-bond acceptors (Lipinski definition) is 2. The van der Waals surface area contributed by atoms with Crippen molar-refractivity contribution < 1.29 is 14.2 Å². The fourth-order valence-corrected chi connectivity index (χ4v) is 1.53. The van der Waals surface area contributed by atoms with Gasteiger partial charge in [-0.25, -0.2) is 4.39 Å². The fourth-order valence-electron chi connectivity index (χ4n) is 1.53. The lowest BCUT2D eigenvalue weighted by atomic mass is 9.92. The number of hydrogen-bond donors (Lipinski definition) is 1. The molecule has 0 radical (unpaired) electrons. The summed E-state index contributed by atoms with van der Waals surface area (Å²) in [4.78, 5) is 0. The van der Waals surface area contributed by atoms with E-state index in [1.165, 1.54) is 0 Å². The number of rotatable bonds is 2. The van der Waals surface area contributed by atoms with Crippen LogP contribution in [0.15, 0.2) is 18.2 Å². The number of aliphatic hydroxyl groups excluding tert-OH is 1. The summed E-state index contributed by atoms with van der Waals surface area (Å²) < 4.78 is 18.8. The SMILES string of the molecule is Cc1cccc(OC2CC(O)C2)c1F. The molecule has 0 bridgehead atoms. The van der Waals surface area contributed by atoms with Crippen molar-refractivity contribution in [2.75, 3.05) is 0 Å². The van der Waals surface area contributed by atoms with E-state index in [4.69, 9.17) is 9.84 Å². The molecule has 0 heterocycles. The van der Waals surface area contributed by atoms with Gasteiger partial charge in [-0.05, 0) is 18.6 Å². The van der Waals surface area contributed by atoms with E-state index >= 15 is 0 Å². The summed E-state index contributed by atoms with van der Waals surface area (Å²) in [6, 6.07) is 5.09. The van der Waals surface area contributed by atoms with Crippen molar-refractivity contribution in [3.05, 3.63) is 29.6 Å². The van der Waals surface area contributed by atoms with Crippen molar-refractivity contribution in [2.45, 2.75) is 32.0 Å². The number of halogens is 1. The first-order valence-electron chi connectivity index (χ1n) is 4.76. The van der Waals surface area contributed by atoms with Gasteiger partial charge in [0.1, 0.15) is 6.10 Å². The van der Waals surface area contributed by atoms with E-state index in [2.05, 4.69) is 0 Å². The summed E-state index contributed by atoms with van der Waals surface area (Å²) in [6.45, 7) is 1.71. The van der Waals surface area contributed by atoms with Gasteiger partial charge in [0.15, 0.2) is 11.6 Å². The van der Waals surface area contributed by atoms with Crippen LogP contribution in [0.25, 0.3) is 0 Å². The quantitative estimate of drug-likeness (QED) is 0.784. The Morgan fingerprint density at radius 3 is 2.79 bits per heavy atom. The van der Waals surface area contributed by atoms with E-state index in [0.717, 1.165) is 0 Å². The standard InChI is InChI=1S/C11H13FO2/c1-7-3-2-4-10(11(7)12)14-9-5-8(13)6-9/h2-4,8-9,13H,5-6H2,1H3. The van der Waals surface area contributed by atoms with Gasteiger partial charge in [-0.3, -0.25) is 0 Å². The van der Waals surface area contributed by atoms with Gasteiger partial charge < -0.3 is 9.84 Å². The van der Waals surface area contributed by atoms with E-state index in [1.54, 1.807) is 25.1 Å². The maximum absolute atomic E-state index is 13.4. The molecule has 1 fully saturated rings. The zero-order valence-corrected chi connectivity index (χ0v) is 8.03. The van der Waals surface area contributed by atoms with Gasteiger partial charge in [0.2, 0.25) is 0 Å². The first kappa shape index (κ1) is 9.46. The van der Waals surface area contributed by atoms with Crippen LogP contribution in [-0.2, 0) is 0 Å². The lowest BCUT2D eigenvalue weighted by molar-refractivity contribution is -0.0124. The number of benzene rings is 1. The Kier molecular flexibility index (Phi) is 2.42. The lowest BCUT2D eigenvalue weighted by Gasteiger charge is -2.31. The van der Waals surface area contributed by atoms with E-state index in [-0.39, 0.29) is 18.0 Å². The predicted octanol–water partition coefficient (Wildman–Crippen LogP) is 2.04. The molecule has 1 N–H and O–H groups in total. The molecule has 0 aromatic heterocycles. The van der Waals surface area contributed by atoms with Crippen LogP contribution < -0.4 is 4.74 Å². The molecular weight excluding hydrogens is 183 g/mol. The molecule has 76 valence electrons. The minimum absolute atomic E-state index is 0.0266. The van der Waals surface area contributed by atoms with Crippen molar-refractivity contribution in [1.29, 1.82) is 0 Å². The molecule has 0 saturated heterocycles. The summed E-state index contributed by atoms with van der Waals surface area (Å²) >= 11 is 0. The summed E-state index contributed by atoms with van der Waals surface area (Å²) in [7, 11) is 0. The highest BCUT2D eigenvalue weighted by Crippen LogP contribution is 2.28. The minimum atomic E-state index is -0.297. The Morgan fingerprint density at radius 1 is 1.43 bits per heavy atom. The van der Waals surface area contributed by atoms with E-state index in [9.17, 15) is 4.39 Å². The second kappa shape index (κ2) is 3.58. The van der Waals surface area contributed by atoms with Gasteiger partial charge >= 0.3 is 0 Å². The first-order valence-corrected chi connectivity index (χ1v) is 4.76. The van der Waals surface area contributed by atoms with Crippen LogP contribution in [0.5, 0.6) is 5.75 Å². The summed E-state index contributed by atoms with van der Waals surface area (Å²) in [6.07, 6.45) is 0.912. The summed E-state index contributed by atoms with van der Waals surface area (Å²) in [5.74, 6) is -0.00390. The van der Waals surface area contributed by atoms with Gasteiger partial charge in [-0.1, -0.05) is 12.1 Å². The van der Waals surface area contributed by atoms with Crippen LogP contribution in [0, 0.1) is 12.7 Å². The second-order valence-electron chi connectivity index (χ2n) is 3.75. The normalized spacial score (nSPS) is 25.6. The maximum Gasteiger partial charge on any atom is 0.167 e. The maximum atomic E-state index is 13.4. The zero-order chi connectivity index (χ0) is 10.1. The zero-order valence-electron chi connectivity index (χ0n) is 8.03. The molecule has 0 amide bonds. The molecular formula is C11H13FO2. The predicted molar refractivity (Wildman–Crippen MR) is 50.8 cm³/mol. The van der Waals surface area contributed by atoms with Gasteiger partial charge in [0.05, 0.1) is 6.10 Å². The Labute approximate surface area is 82.3 Å². The molecule has 0 spiro atoms. The largest absolute Gasteiger partial charge is 0.487 e. The van der Waals surface area contributed by atoms with Crippen LogP contribution in [-0.4, -0.2) is 17.3 Å². The molecule has 14 heavy (non-hydrogen) atoms. The van der Waals surface area contributed by atoms with E-state index < -0.39 is 0 Å². The van der Waals surface area contributed by atoms with Crippen LogP contribution in [0.4, 0.5) is 4.39 Å². The average Bonchev–Trinajstić information content (AvgIpc) is 2.10. The number of ether oxygens (including phenoxy) is 1. The second-order valence-corrected chi connectivity index (χ2v) is 3.75. The van der Waals surface area contributed by atoms with E-state index in [1.807, 2.05) is 0 Å². The summed E-state index contributed by atoms with van der Waals surface area (Å²) in [5, 5.41) is 9.05. The molecule has 1 aliphatic rings. The smallest absolute Gasteiger partial charge is 0.167 e. The molecule has 1 saturated carbocycles. The van der Waals surface area contributed by atoms with Gasteiger partial charge in [-0.2, -0.15) is 0 Å². The Hall–Kier alpha value is -1.09. The number of aliphatic hydroxyl groups is 1. The van der Waals surface area contributed by atoms with Crippen molar-refractivity contribution >= 4 is 0 Å². The Balaban J connectivity index is 2.06. The minimum Gasteiger partial charge on any atom is -0.487 e. The van der Waals surface area contributed by atoms with E-state index in [0.29, 0.717) is 24.2 Å². The molecule has 3 heteroatoms. The average molecular weight is 196 g/mol. The molecule has 0 atom stereocenters. The van der Waals surface area contributed by atoms with Crippen LogP contribution in [0.3, 0.4) is 0 Å². The molecule has 2 nitrogen and oxygen atoms in total. The van der Waals surface area contributed by atoms with Crippen molar-refractivity contribution in [3.8, 4) is 5.75 Å². The molecule has 1 aromatic rings. The fraction of sp³-hybridized carbons (Fsp3) is 0.455. The third kappa shape index (κ3) is 1.73. The molecule has 1 aliphatic carbocycles. The Morgan fingerprint density at radius 2 is 2.14 bits per heavy atom. The number of aryl methyl sites for hydroxylation is 1. The third-order valence-electron chi connectivity index (χ3n) is 2.52. The molecule has 1 aromatic carbocycles. The van der Waals surface area contributed by atoms with Gasteiger partial charge in [-0.15, -0.1) is 0 Å². The van der Waals surface area contributed by atoms with Gasteiger partial charge in [0, 0.05) is 12.8 Å². The summed E-state index contributed by atoms with van der Waals surface area (Å²) in [5.41, 5.74) is 0.586. The van der Waals surface area contributed by atoms with Crippen LogP contribution in [0.1, 0.15) is 18.4 Å². The third-order valence-corrected chi connectivity index (χ3v) is 2.52. The van der Waals surface area contributed by atoms with Crippen molar-refractivity contribution in [2.24, 2.45) is 0 Å². The topological polar surface area (TPSA) is 29.5 Å². The first-order chi connectivity index (χ1) is 6.66. The lowest BCUT2D eigenvalue weighted by Crippen LogP contribution is -2.37. The molecule has 0 aliphatic heterocycles. The van der Waals surface area contributed by atoms with Crippen molar-refractivity contribution in [3.63, 3.8) is 0 Å². The highest BCUT2D eigenvalue weighted by molar-refractivity contribution is 5.30. The van der Waals surface area contributed by atoms with Crippen LogP contribution in [0.2, 0.25) is 0 Å². The molecule has 0 unspecified atom stereocenters. The Bertz CT molecular complexity index is 332. The van der Waals surface area contributed by atoms with Crippen molar-refractivity contribution in [1.82, 2.24) is 0 Å². The van der Waals surface area contributed by atoms with Crippen LogP contribution >= 0.6 is 0 Å². The highest BCUT2D eigenvalue weighted by Gasteiger charge is 2.29. The van der Waals surface area contributed by atoms with Gasteiger partial charge in [0.25, 0.3) is 0 Å². The molecule has 2 rings (SSSR count). The monoisotopic (exact) mass is 196 g/mol.